The molecular weight excluding hydrogens is 568 g/mol. The molecule has 4 aromatic rings. The van der Waals surface area contributed by atoms with E-state index in [1.165, 1.54) is 44.6 Å². The van der Waals surface area contributed by atoms with Gasteiger partial charge in [0.05, 0.1) is 65.1 Å². The summed E-state index contributed by atoms with van der Waals surface area (Å²) in [5, 5.41) is 0. The fraction of sp³-hybridized carbons (Fsp3) is 0.138. The van der Waals surface area contributed by atoms with E-state index in [0.717, 1.165) is 19.7 Å². The molecule has 0 heterocycles. The molecule has 0 bridgehead atoms. The Morgan fingerprint density at radius 1 is 0.683 bits per heavy atom. The number of hydrogen-bond acceptors (Lipinski definition) is 8. The summed E-state index contributed by atoms with van der Waals surface area (Å²) in [5.41, 5.74) is 2.94. The molecule has 12 heteroatoms. The Kier molecular flexibility index (Phi) is 9.40. The van der Waals surface area contributed by atoms with Gasteiger partial charge in [-0.3, -0.25) is 17.0 Å². The minimum Gasteiger partial charge on any atom is -0.755 e. The van der Waals surface area contributed by atoms with E-state index in [0.29, 0.717) is 11.4 Å². The number of nitrogens with zero attached hydrogens (tertiary/aromatic N) is 2. The topological polar surface area (TPSA) is 132 Å². The van der Waals surface area contributed by atoms with Gasteiger partial charge in [0.2, 0.25) is 0 Å². The third-order valence-electron chi connectivity index (χ3n) is 6.03. The predicted octanol–water partition coefficient (Wildman–Crippen LogP) is 5.76. The number of benzene rings is 4. The van der Waals surface area contributed by atoms with Gasteiger partial charge >= 0.3 is 5.97 Å². The largest absolute Gasteiger partial charge is 0.755 e. The number of esters is 1. The fourth-order valence-electron chi connectivity index (χ4n) is 4.03. The van der Waals surface area contributed by atoms with E-state index in [-0.39, 0.29) is 34.2 Å². The molecule has 214 valence electrons. The Morgan fingerprint density at radius 2 is 1.15 bits per heavy atom. The average Bonchev–Trinajstić information content (AvgIpc) is 2.95. The van der Waals surface area contributed by atoms with Gasteiger partial charge in [0.25, 0.3) is 0 Å². The van der Waals surface area contributed by atoms with Gasteiger partial charge in [-0.1, -0.05) is 35.4 Å². The molecule has 0 spiro atoms. The zero-order chi connectivity index (χ0) is 29.7. The SMILES string of the molecule is COC(=O)c1cc(Oc2ccc(N(c3ccc(C)cc3)S(=O)[O-])c(OC)c2)ccc1N(c1ccc(C)cc1)S(=O)[O-]. The predicted molar refractivity (Wildman–Crippen MR) is 155 cm³/mol. The number of aryl methyl sites for hydroxylation is 2. The van der Waals surface area contributed by atoms with Crippen LogP contribution in [0.3, 0.4) is 0 Å². The van der Waals surface area contributed by atoms with Crippen LogP contribution in [0.2, 0.25) is 0 Å². The minimum atomic E-state index is -2.75. The molecule has 4 rings (SSSR count). The lowest BCUT2D eigenvalue weighted by Crippen LogP contribution is -2.22. The number of carbonyl (C=O) groups excluding carboxylic acids is 1. The van der Waals surface area contributed by atoms with Gasteiger partial charge in [0, 0.05) is 6.07 Å². The van der Waals surface area contributed by atoms with Gasteiger partial charge in [-0.25, -0.2) is 4.79 Å². The molecule has 0 saturated heterocycles. The van der Waals surface area contributed by atoms with Crippen LogP contribution in [0.15, 0.2) is 84.9 Å². The number of hydrogen-bond donors (Lipinski definition) is 0. The summed E-state index contributed by atoms with van der Waals surface area (Å²) in [5.74, 6) is -0.0817. The summed E-state index contributed by atoms with van der Waals surface area (Å²) in [6.07, 6.45) is 0. The van der Waals surface area contributed by atoms with Gasteiger partial charge in [-0.2, -0.15) is 0 Å². The minimum absolute atomic E-state index is 0.0503. The molecule has 0 amide bonds. The highest BCUT2D eigenvalue weighted by molar-refractivity contribution is 7.81. The molecule has 0 fully saturated rings. The highest BCUT2D eigenvalue weighted by Crippen LogP contribution is 2.39. The smallest absolute Gasteiger partial charge is 0.340 e. The van der Waals surface area contributed by atoms with E-state index in [1.54, 1.807) is 54.6 Å². The van der Waals surface area contributed by atoms with Crippen LogP contribution < -0.4 is 18.1 Å². The van der Waals surface area contributed by atoms with Gasteiger partial charge < -0.3 is 23.3 Å². The fourth-order valence-corrected chi connectivity index (χ4v) is 5.24. The zero-order valence-corrected chi connectivity index (χ0v) is 24.2. The van der Waals surface area contributed by atoms with Crippen LogP contribution in [-0.4, -0.2) is 37.7 Å². The second kappa shape index (κ2) is 13.0. The third kappa shape index (κ3) is 6.74. The molecule has 41 heavy (non-hydrogen) atoms. The van der Waals surface area contributed by atoms with Crippen molar-refractivity contribution < 1.29 is 36.5 Å². The quantitative estimate of drug-likeness (QED) is 0.167. The van der Waals surface area contributed by atoms with Crippen molar-refractivity contribution in [2.45, 2.75) is 13.8 Å². The lowest BCUT2D eigenvalue weighted by molar-refractivity contribution is 0.0601. The van der Waals surface area contributed by atoms with Gasteiger partial charge in [0.15, 0.2) is 0 Å². The first kappa shape index (κ1) is 29.7. The molecule has 2 atom stereocenters. The lowest BCUT2D eigenvalue weighted by atomic mass is 10.1. The Morgan fingerprint density at radius 3 is 1.61 bits per heavy atom. The summed E-state index contributed by atoms with van der Waals surface area (Å²) in [6.45, 7) is 3.77. The van der Waals surface area contributed by atoms with E-state index in [1.807, 2.05) is 13.8 Å². The van der Waals surface area contributed by atoms with Crippen LogP contribution in [0.4, 0.5) is 22.7 Å². The molecule has 4 aromatic carbocycles. The Bertz CT molecular complexity index is 1590. The van der Waals surface area contributed by atoms with Crippen LogP contribution in [0.1, 0.15) is 21.5 Å². The van der Waals surface area contributed by atoms with Crippen molar-refractivity contribution in [3.8, 4) is 17.2 Å². The first-order chi connectivity index (χ1) is 19.6. The van der Waals surface area contributed by atoms with Crippen molar-refractivity contribution in [2.24, 2.45) is 0 Å². The van der Waals surface area contributed by atoms with E-state index in [9.17, 15) is 22.3 Å². The van der Waals surface area contributed by atoms with Crippen LogP contribution >= 0.6 is 0 Å². The molecule has 10 nitrogen and oxygen atoms in total. The van der Waals surface area contributed by atoms with Crippen molar-refractivity contribution in [3.05, 3.63) is 102 Å². The third-order valence-corrected chi connectivity index (χ3v) is 7.44. The van der Waals surface area contributed by atoms with Crippen molar-refractivity contribution >= 4 is 51.3 Å². The Labute approximate surface area is 242 Å². The number of methoxy groups -OCH3 is 2. The second-order valence-corrected chi connectivity index (χ2v) is 10.4. The summed E-state index contributed by atoms with van der Waals surface area (Å²) in [6, 6.07) is 22.6. The van der Waals surface area contributed by atoms with E-state index < -0.39 is 28.5 Å². The maximum absolute atomic E-state index is 12.7. The van der Waals surface area contributed by atoms with Crippen LogP contribution in [-0.2, 0) is 27.3 Å². The molecule has 0 radical (unpaired) electrons. The van der Waals surface area contributed by atoms with Gasteiger partial charge in [0.1, 0.15) is 17.2 Å². The summed E-state index contributed by atoms with van der Waals surface area (Å²) in [4.78, 5) is 12.7. The number of carbonyl (C=O) groups is 1. The maximum Gasteiger partial charge on any atom is 0.340 e. The molecular formula is C29H26N2O8S2-2. The molecule has 0 aliphatic rings. The van der Waals surface area contributed by atoms with E-state index >= 15 is 0 Å². The maximum atomic E-state index is 12.7. The molecule has 0 aliphatic heterocycles. The highest BCUT2D eigenvalue weighted by Gasteiger charge is 2.22. The normalized spacial score (nSPS) is 12.2. The van der Waals surface area contributed by atoms with Gasteiger partial charge in [-0.15, -0.1) is 0 Å². The standard InChI is InChI=1S/C29H28N2O8S2/c1-19-5-9-21(10-6-19)30(40(33)34)26-15-13-23(17-25(26)29(32)38-4)39-24-14-16-27(28(18-24)37-3)31(41(35)36)22-11-7-20(2)8-12-22/h5-18H,1-4H3,(H,33,34)(H,35,36)/p-2. The summed E-state index contributed by atoms with van der Waals surface area (Å²) in [7, 11) is 2.59. The summed E-state index contributed by atoms with van der Waals surface area (Å²) >= 11 is -5.41. The van der Waals surface area contributed by atoms with Crippen molar-refractivity contribution in [1.82, 2.24) is 0 Å². The zero-order valence-electron chi connectivity index (χ0n) is 22.6. The second-order valence-electron chi connectivity index (χ2n) is 8.80. The van der Waals surface area contributed by atoms with Crippen LogP contribution in [0.25, 0.3) is 0 Å². The van der Waals surface area contributed by atoms with E-state index in [2.05, 4.69) is 0 Å². The molecule has 0 N–H and O–H groups in total. The van der Waals surface area contributed by atoms with Crippen molar-refractivity contribution in [3.63, 3.8) is 0 Å². The first-order valence-electron chi connectivity index (χ1n) is 12.1. The van der Waals surface area contributed by atoms with Crippen LogP contribution in [0.5, 0.6) is 17.2 Å². The molecule has 2 unspecified atom stereocenters. The average molecular weight is 595 g/mol. The highest BCUT2D eigenvalue weighted by atomic mass is 32.2. The van der Waals surface area contributed by atoms with Gasteiger partial charge in [-0.05, 0) is 68.4 Å². The van der Waals surface area contributed by atoms with Crippen molar-refractivity contribution in [1.29, 1.82) is 0 Å². The molecule has 0 aliphatic carbocycles. The summed E-state index contributed by atoms with van der Waals surface area (Å²) < 4.78 is 67.2. The van der Waals surface area contributed by atoms with Crippen LogP contribution in [0, 0.1) is 13.8 Å². The molecule has 0 saturated carbocycles. The number of ether oxygens (including phenoxy) is 3. The van der Waals surface area contributed by atoms with E-state index in [4.69, 9.17) is 14.2 Å². The Hall–Kier alpha value is -4.23. The first-order valence-corrected chi connectivity index (χ1v) is 14.2. The number of anilines is 4. The van der Waals surface area contributed by atoms with Crippen molar-refractivity contribution in [2.75, 3.05) is 22.8 Å². The monoisotopic (exact) mass is 594 g/mol. The lowest BCUT2D eigenvalue weighted by Gasteiger charge is -2.28. The number of rotatable bonds is 10. The molecule has 0 aromatic heterocycles. The Balaban J connectivity index is 1.70.